The van der Waals surface area contributed by atoms with Gasteiger partial charge < -0.3 is 14.4 Å². The number of aliphatic hydroxyl groups excluding tert-OH is 1. The van der Waals surface area contributed by atoms with E-state index < -0.39 is 0 Å². The van der Waals surface area contributed by atoms with Crippen molar-refractivity contribution in [3.8, 4) is 0 Å². The van der Waals surface area contributed by atoms with Crippen molar-refractivity contribution in [2.45, 2.75) is 19.9 Å². The van der Waals surface area contributed by atoms with Gasteiger partial charge in [-0.1, -0.05) is 12.1 Å². The molecule has 0 aliphatic rings. The van der Waals surface area contributed by atoms with Gasteiger partial charge in [-0.05, 0) is 19.1 Å². The minimum atomic E-state index is -0.299. The van der Waals surface area contributed by atoms with E-state index in [1.807, 2.05) is 28.8 Å². The number of benzene rings is 1. The zero-order valence-electron chi connectivity index (χ0n) is 10.3. The van der Waals surface area contributed by atoms with Crippen molar-refractivity contribution in [1.82, 2.24) is 9.55 Å². The van der Waals surface area contributed by atoms with Gasteiger partial charge >= 0.3 is 5.97 Å². The monoisotopic (exact) mass is 248 g/mol. The number of hydrogen-bond acceptors (Lipinski definition) is 4. The van der Waals surface area contributed by atoms with Crippen LogP contribution in [0.2, 0.25) is 0 Å². The molecule has 2 aromatic rings. The SMILES string of the molecule is CCOC(=O)Cc1nc2ccccc2n1CCO. The van der Waals surface area contributed by atoms with Crippen molar-refractivity contribution in [3.05, 3.63) is 30.1 Å². The predicted octanol–water partition coefficient (Wildman–Crippen LogP) is 1.13. The lowest BCUT2D eigenvalue weighted by Gasteiger charge is -2.06. The molecule has 5 heteroatoms. The summed E-state index contributed by atoms with van der Waals surface area (Å²) in [5.41, 5.74) is 1.75. The molecule has 0 saturated heterocycles. The highest BCUT2D eigenvalue weighted by Crippen LogP contribution is 2.16. The van der Waals surface area contributed by atoms with E-state index in [-0.39, 0.29) is 19.0 Å². The summed E-state index contributed by atoms with van der Waals surface area (Å²) in [6, 6.07) is 7.61. The number of para-hydroxylation sites is 2. The highest BCUT2D eigenvalue weighted by atomic mass is 16.5. The lowest BCUT2D eigenvalue weighted by atomic mass is 10.3. The summed E-state index contributed by atoms with van der Waals surface area (Å²) in [6.07, 6.45) is 0.127. The van der Waals surface area contributed by atoms with Crippen LogP contribution >= 0.6 is 0 Å². The van der Waals surface area contributed by atoms with Crippen molar-refractivity contribution in [2.24, 2.45) is 0 Å². The number of carbonyl (C=O) groups is 1. The first-order valence-corrected chi connectivity index (χ1v) is 5.97. The van der Waals surface area contributed by atoms with Gasteiger partial charge in [-0.25, -0.2) is 4.98 Å². The van der Waals surface area contributed by atoms with Crippen LogP contribution in [0.3, 0.4) is 0 Å². The van der Waals surface area contributed by atoms with Gasteiger partial charge in [0.25, 0.3) is 0 Å². The number of fused-ring (bicyclic) bond motifs is 1. The van der Waals surface area contributed by atoms with Crippen LogP contribution in [-0.4, -0.2) is 33.8 Å². The Hall–Kier alpha value is -1.88. The first-order chi connectivity index (χ1) is 8.76. The third-order valence-corrected chi connectivity index (χ3v) is 2.66. The molecule has 1 N–H and O–H groups in total. The average molecular weight is 248 g/mol. The van der Waals surface area contributed by atoms with E-state index in [4.69, 9.17) is 9.84 Å². The highest BCUT2D eigenvalue weighted by molar-refractivity contribution is 5.78. The molecule has 1 aromatic heterocycles. The second kappa shape index (κ2) is 5.64. The van der Waals surface area contributed by atoms with E-state index in [1.54, 1.807) is 6.92 Å². The second-order valence-electron chi connectivity index (χ2n) is 3.87. The maximum Gasteiger partial charge on any atom is 0.313 e. The molecule has 1 heterocycles. The molecular formula is C13H16N2O3. The minimum Gasteiger partial charge on any atom is -0.466 e. The van der Waals surface area contributed by atoms with Crippen LogP contribution in [0.25, 0.3) is 11.0 Å². The van der Waals surface area contributed by atoms with Crippen LogP contribution in [0, 0.1) is 0 Å². The predicted molar refractivity (Wildman–Crippen MR) is 67.2 cm³/mol. The molecule has 0 amide bonds. The van der Waals surface area contributed by atoms with Gasteiger partial charge in [-0.15, -0.1) is 0 Å². The molecule has 0 aliphatic carbocycles. The van der Waals surface area contributed by atoms with E-state index in [9.17, 15) is 4.79 Å². The zero-order valence-corrected chi connectivity index (χ0v) is 10.3. The molecule has 0 unspecified atom stereocenters. The Balaban J connectivity index is 2.36. The van der Waals surface area contributed by atoms with Crippen molar-refractivity contribution >= 4 is 17.0 Å². The molecule has 5 nitrogen and oxygen atoms in total. The summed E-state index contributed by atoms with van der Waals surface area (Å²) < 4.78 is 6.77. The Kier molecular flexibility index (Phi) is 3.94. The fourth-order valence-corrected chi connectivity index (χ4v) is 1.95. The topological polar surface area (TPSA) is 64.3 Å². The minimum absolute atomic E-state index is 0.0101. The summed E-state index contributed by atoms with van der Waals surface area (Å²) in [6.45, 7) is 2.57. The van der Waals surface area contributed by atoms with Crippen LogP contribution in [-0.2, 0) is 22.5 Å². The third-order valence-electron chi connectivity index (χ3n) is 2.66. The Morgan fingerprint density at radius 2 is 2.22 bits per heavy atom. The second-order valence-corrected chi connectivity index (χ2v) is 3.87. The number of hydrogen-bond donors (Lipinski definition) is 1. The fourth-order valence-electron chi connectivity index (χ4n) is 1.95. The normalized spacial score (nSPS) is 10.8. The summed E-state index contributed by atoms with van der Waals surface area (Å²) >= 11 is 0. The molecule has 0 atom stereocenters. The van der Waals surface area contributed by atoms with E-state index in [1.165, 1.54) is 0 Å². The van der Waals surface area contributed by atoms with Crippen LogP contribution in [0.5, 0.6) is 0 Å². The highest BCUT2D eigenvalue weighted by Gasteiger charge is 2.13. The zero-order chi connectivity index (χ0) is 13.0. The number of ether oxygens (including phenoxy) is 1. The quantitative estimate of drug-likeness (QED) is 0.806. The maximum atomic E-state index is 11.5. The standard InChI is InChI=1S/C13H16N2O3/c1-2-18-13(17)9-12-14-10-5-3-4-6-11(10)15(12)7-8-16/h3-6,16H,2,7-9H2,1H3. The van der Waals surface area contributed by atoms with Crippen LogP contribution < -0.4 is 0 Å². The number of rotatable bonds is 5. The van der Waals surface area contributed by atoms with E-state index >= 15 is 0 Å². The van der Waals surface area contributed by atoms with Gasteiger partial charge in [0.05, 0.1) is 24.2 Å². The molecule has 0 spiro atoms. The smallest absolute Gasteiger partial charge is 0.313 e. The first-order valence-electron chi connectivity index (χ1n) is 5.97. The average Bonchev–Trinajstić information content (AvgIpc) is 2.68. The van der Waals surface area contributed by atoms with E-state index in [0.717, 1.165) is 11.0 Å². The molecule has 0 aliphatic heterocycles. The molecule has 0 bridgehead atoms. The molecule has 1 aromatic carbocycles. The van der Waals surface area contributed by atoms with E-state index in [0.29, 0.717) is 19.0 Å². The van der Waals surface area contributed by atoms with Gasteiger partial charge in [0.15, 0.2) is 0 Å². The van der Waals surface area contributed by atoms with Crippen LogP contribution in [0.4, 0.5) is 0 Å². The number of aromatic nitrogens is 2. The number of esters is 1. The number of aliphatic hydroxyl groups is 1. The molecule has 96 valence electrons. The number of carbonyl (C=O) groups excluding carboxylic acids is 1. The molecule has 18 heavy (non-hydrogen) atoms. The summed E-state index contributed by atoms with van der Waals surface area (Å²) in [4.78, 5) is 15.9. The Morgan fingerprint density at radius 3 is 2.94 bits per heavy atom. The van der Waals surface area contributed by atoms with Crippen molar-refractivity contribution in [3.63, 3.8) is 0 Å². The van der Waals surface area contributed by atoms with Crippen molar-refractivity contribution in [1.29, 1.82) is 0 Å². The Labute approximate surface area is 105 Å². The fraction of sp³-hybridized carbons (Fsp3) is 0.385. The molecule has 0 saturated carbocycles. The largest absolute Gasteiger partial charge is 0.466 e. The lowest BCUT2D eigenvalue weighted by molar-refractivity contribution is -0.142. The van der Waals surface area contributed by atoms with Crippen LogP contribution in [0.15, 0.2) is 24.3 Å². The van der Waals surface area contributed by atoms with E-state index in [2.05, 4.69) is 4.98 Å². The van der Waals surface area contributed by atoms with Gasteiger partial charge in [0, 0.05) is 6.54 Å². The van der Waals surface area contributed by atoms with Gasteiger partial charge in [0.2, 0.25) is 0 Å². The van der Waals surface area contributed by atoms with Gasteiger partial charge in [-0.2, -0.15) is 0 Å². The van der Waals surface area contributed by atoms with Gasteiger partial charge in [0.1, 0.15) is 12.2 Å². The van der Waals surface area contributed by atoms with Gasteiger partial charge in [-0.3, -0.25) is 4.79 Å². The Bertz CT molecular complexity index is 548. The first kappa shape index (κ1) is 12.6. The summed E-state index contributed by atoms with van der Waals surface area (Å²) in [7, 11) is 0. The Morgan fingerprint density at radius 1 is 1.44 bits per heavy atom. The van der Waals surface area contributed by atoms with Crippen molar-refractivity contribution in [2.75, 3.05) is 13.2 Å². The molecule has 0 radical (unpaired) electrons. The lowest BCUT2D eigenvalue weighted by Crippen LogP contribution is -2.14. The number of imidazole rings is 1. The van der Waals surface area contributed by atoms with Crippen LogP contribution in [0.1, 0.15) is 12.7 Å². The summed E-state index contributed by atoms with van der Waals surface area (Å²) in [5.74, 6) is 0.329. The molecule has 0 fully saturated rings. The molecular weight excluding hydrogens is 232 g/mol. The third kappa shape index (κ3) is 2.51. The number of nitrogens with zero attached hydrogens (tertiary/aromatic N) is 2. The maximum absolute atomic E-state index is 11.5. The summed E-state index contributed by atoms with van der Waals surface area (Å²) in [5, 5.41) is 9.09. The van der Waals surface area contributed by atoms with Crippen molar-refractivity contribution < 1.29 is 14.6 Å². The molecule has 2 rings (SSSR count).